The zero-order chi connectivity index (χ0) is 11.0. The van der Waals surface area contributed by atoms with E-state index >= 15 is 0 Å². The highest BCUT2D eigenvalue weighted by Crippen LogP contribution is 2.22. The van der Waals surface area contributed by atoms with E-state index in [0.29, 0.717) is 11.7 Å². The number of aromatic amines is 1. The predicted octanol–water partition coefficient (Wildman–Crippen LogP) is 1.68. The Hall–Kier alpha value is -2.14. The van der Waals surface area contributed by atoms with Crippen LogP contribution in [0.5, 0.6) is 0 Å². The van der Waals surface area contributed by atoms with Gasteiger partial charge >= 0.3 is 0 Å². The molecule has 0 fully saturated rings. The van der Waals surface area contributed by atoms with Crippen molar-refractivity contribution in [2.75, 3.05) is 0 Å². The topological polar surface area (TPSA) is 80.7 Å². The molecule has 3 N–H and O–H groups in total. The highest BCUT2D eigenvalue weighted by Gasteiger charge is 2.10. The van der Waals surface area contributed by atoms with E-state index in [-0.39, 0.29) is 6.54 Å². The molecule has 80 valence electrons. The molecule has 0 unspecified atom stereocenters. The first kappa shape index (κ1) is 9.11. The van der Waals surface area contributed by atoms with Crippen molar-refractivity contribution < 1.29 is 4.52 Å². The molecular formula is C11H10N4O. The molecule has 0 atom stereocenters. The lowest BCUT2D eigenvalue weighted by molar-refractivity contribution is 0.422. The molecule has 3 rings (SSSR count). The van der Waals surface area contributed by atoms with Crippen molar-refractivity contribution in [2.24, 2.45) is 5.73 Å². The van der Waals surface area contributed by atoms with Crippen molar-refractivity contribution >= 4 is 10.9 Å². The van der Waals surface area contributed by atoms with Crippen molar-refractivity contribution in [3.05, 3.63) is 36.2 Å². The number of nitrogens with one attached hydrogen (secondary N) is 1. The van der Waals surface area contributed by atoms with Crippen molar-refractivity contribution in [1.82, 2.24) is 15.1 Å². The number of benzene rings is 1. The summed E-state index contributed by atoms with van der Waals surface area (Å²) in [6.07, 6.45) is 0. The second-order valence-electron chi connectivity index (χ2n) is 3.49. The van der Waals surface area contributed by atoms with E-state index in [1.807, 2.05) is 30.3 Å². The van der Waals surface area contributed by atoms with Gasteiger partial charge in [-0.25, -0.2) is 0 Å². The largest absolute Gasteiger partial charge is 0.351 e. The Balaban J connectivity index is 2.11. The average Bonchev–Trinajstić information content (AvgIpc) is 2.95. The number of nitrogens with two attached hydrogens (primary N) is 1. The quantitative estimate of drug-likeness (QED) is 0.680. The molecule has 0 aliphatic heterocycles. The van der Waals surface area contributed by atoms with Crippen LogP contribution in [0.1, 0.15) is 5.82 Å². The standard InChI is InChI=1S/C11H10N4O/c12-6-10-14-11(16-15-10)9-5-7-3-1-2-4-8(7)13-9/h1-5,13H,6,12H2. The Labute approximate surface area is 91.3 Å². The van der Waals surface area contributed by atoms with Gasteiger partial charge < -0.3 is 15.2 Å². The summed E-state index contributed by atoms with van der Waals surface area (Å²) in [5.41, 5.74) is 7.28. The fourth-order valence-electron chi connectivity index (χ4n) is 1.63. The maximum Gasteiger partial charge on any atom is 0.274 e. The molecule has 5 heteroatoms. The highest BCUT2D eigenvalue weighted by atomic mass is 16.5. The SMILES string of the molecule is NCc1noc(-c2cc3ccccc3[nH]2)n1. The second-order valence-corrected chi connectivity index (χ2v) is 3.49. The van der Waals surface area contributed by atoms with Crippen molar-refractivity contribution in [3.63, 3.8) is 0 Å². The van der Waals surface area contributed by atoms with Crippen LogP contribution in [0.15, 0.2) is 34.9 Å². The Morgan fingerprint density at radius 2 is 2.19 bits per heavy atom. The van der Waals surface area contributed by atoms with Crippen LogP contribution < -0.4 is 5.73 Å². The van der Waals surface area contributed by atoms with Gasteiger partial charge in [-0.1, -0.05) is 23.4 Å². The third kappa shape index (κ3) is 1.38. The van der Waals surface area contributed by atoms with Gasteiger partial charge in [0.25, 0.3) is 5.89 Å². The first-order valence-corrected chi connectivity index (χ1v) is 4.97. The lowest BCUT2D eigenvalue weighted by Gasteiger charge is -1.85. The predicted molar refractivity (Wildman–Crippen MR) is 59.5 cm³/mol. The molecular weight excluding hydrogens is 204 g/mol. The number of nitrogens with zero attached hydrogens (tertiary/aromatic N) is 2. The van der Waals surface area contributed by atoms with E-state index in [9.17, 15) is 0 Å². The Bertz CT molecular complexity index is 592. The second kappa shape index (κ2) is 3.46. The zero-order valence-corrected chi connectivity index (χ0v) is 8.47. The van der Waals surface area contributed by atoms with Gasteiger partial charge in [-0.2, -0.15) is 4.98 Å². The minimum atomic E-state index is 0.281. The Morgan fingerprint density at radius 1 is 1.31 bits per heavy atom. The van der Waals surface area contributed by atoms with E-state index in [2.05, 4.69) is 15.1 Å². The minimum Gasteiger partial charge on any atom is -0.351 e. The van der Waals surface area contributed by atoms with Crippen LogP contribution >= 0.6 is 0 Å². The fourth-order valence-corrected chi connectivity index (χ4v) is 1.63. The first-order valence-electron chi connectivity index (χ1n) is 4.97. The third-order valence-corrected chi connectivity index (χ3v) is 2.41. The van der Waals surface area contributed by atoms with Crippen LogP contribution in [-0.4, -0.2) is 15.1 Å². The van der Waals surface area contributed by atoms with Gasteiger partial charge in [0.15, 0.2) is 5.82 Å². The number of rotatable bonds is 2. The summed E-state index contributed by atoms with van der Waals surface area (Å²) in [6.45, 7) is 0.281. The fraction of sp³-hybridized carbons (Fsp3) is 0.0909. The summed E-state index contributed by atoms with van der Waals surface area (Å²) in [5, 5.41) is 4.87. The summed E-state index contributed by atoms with van der Waals surface area (Å²) in [6, 6.07) is 9.96. The molecule has 0 aliphatic rings. The van der Waals surface area contributed by atoms with Gasteiger partial charge in [-0.05, 0) is 12.1 Å². The third-order valence-electron chi connectivity index (χ3n) is 2.41. The van der Waals surface area contributed by atoms with Gasteiger partial charge in [0.2, 0.25) is 0 Å². The van der Waals surface area contributed by atoms with Crippen LogP contribution in [0.3, 0.4) is 0 Å². The molecule has 0 saturated carbocycles. The van der Waals surface area contributed by atoms with Gasteiger partial charge in [0.05, 0.1) is 6.54 Å². The number of H-pyrrole nitrogens is 1. The van der Waals surface area contributed by atoms with E-state index in [1.54, 1.807) is 0 Å². The van der Waals surface area contributed by atoms with E-state index < -0.39 is 0 Å². The maximum atomic E-state index is 5.42. The molecule has 1 aromatic carbocycles. The van der Waals surface area contributed by atoms with Crippen molar-refractivity contribution in [2.45, 2.75) is 6.54 Å². The molecule has 16 heavy (non-hydrogen) atoms. The summed E-state index contributed by atoms with van der Waals surface area (Å²) >= 11 is 0. The van der Waals surface area contributed by atoms with Crippen LogP contribution in [-0.2, 0) is 6.54 Å². The van der Waals surface area contributed by atoms with Crippen LogP contribution in [0, 0.1) is 0 Å². The van der Waals surface area contributed by atoms with E-state index in [1.165, 1.54) is 0 Å². The normalized spacial score (nSPS) is 11.1. The molecule has 0 bridgehead atoms. The van der Waals surface area contributed by atoms with Gasteiger partial charge in [0, 0.05) is 10.9 Å². The van der Waals surface area contributed by atoms with Gasteiger partial charge in [-0.15, -0.1) is 0 Å². The lowest BCUT2D eigenvalue weighted by atomic mass is 10.2. The molecule has 0 amide bonds. The zero-order valence-electron chi connectivity index (χ0n) is 8.47. The minimum absolute atomic E-state index is 0.281. The molecule has 2 aromatic heterocycles. The summed E-state index contributed by atoms with van der Waals surface area (Å²) < 4.78 is 5.10. The number of para-hydroxylation sites is 1. The molecule has 0 radical (unpaired) electrons. The summed E-state index contributed by atoms with van der Waals surface area (Å²) in [5.74, 6) is 0.977. The molecule has 0 saturated heterocycles. The lowest BCUT2D eigenvalue weighted by Crippen LogP contribution is -1.97. The average molecular weight is 214 g/mol. The van der Waals surface area contributed by atoms with Crippen LogP contribution in [0.25, 0.3) is 22.5 Å². The molecule has 3 aromatic rings. The monoisotopic (exact) mass is 214 g/mol. The molecule has 0 aliphatic carbocycles. The van der Waals surface area contributed by atoms with E-state index in [4.69, 9.17) is 10.3 Å². The van der Waals surface area contributed by atoms with Gasteiger partial charge in [0.1, 0.15) is 5.69 Å². The summed E-state index contributed by atoms with van der Waals surface area (Å²) in [7, 11) is 0. The van der Waals surface area contributed by atoms with E-state index in [0.717, 1.165) is 16.6 Å². The number of aromatic nitrogens is 3. The van der Waals surface area contributed by atoms with Gasteiger partial charge in [-0.3, -0.25) is 0 Å². The smallest absolute Gasteiger partial charge is 0.274 e. The van der Waals surface area contributed by atoms with Crippen LogP contribution in [0.4, 0.5) is 0 Å². The number of fused-ring (bicyclic) bond motifs is 1. The molecule has 5 nitrogen and oxygen atoms in total. The highest BCUT2D eigenvalue weighted by molar-refractivity contribution is 5.84. The van der Waals surface area contributed by atoms with Crippen molar-refractivity contribution in [3.8, 4) is 11.6 Å². The van der Waals surface area contributed by atoms with Crippen molar-refractivity contribution in [1.29, 1.82) is 0 Å². The maximum absolute atomic E-state index is 5.42. The van der Waals surface area contributed by atoms with Crippen LogP contribution in [0.2, 0.25) is 0 Å². The Morgan fingerprint density at radius 3 is 2.94 bits per heavy atom. The summed E-state index contributed by atoms with van der Waals surface area (Å²) in [4.78, 5) is 7.37. The number of hydrogen-bond donors (Lipinski definition) is 2. The Kier molecular flexibility index (Phi) is 1.97. The number of hydrogen-bond acceptors (Lipinski definition) is 4. The first-order chi connectivity index (χ1) is 7.86. The molecule has 2 heterocycles. The molecule has 0 spiro atoms.